The van der Waals surface area contributed by atoms with Gasteiger partial charge in [0.2, 0.25) is 0 Å². The van der Waals surface area contributed by atoms with Crippen LogP contribution in [0, 0.1) is 6.92 Å². The highest BCUT2D eigenvalue weighted by atomic mass is 32.1. The van der Waals surface area contributed by atoms with Gasteiger partial charge in [-0.1, -0.05) is 164 Å². The summed E-state index contributed by atoms with van der Waals surface area (Å²) in [5.74, 6) is 0. The Balaban J connectivity index is 1.38. The molecule has 0 radical (unpaired) electrons. The molecule has 7 aromatic rings. The number of allylic oxidation sites excluding steroid dienone is 4. The molecule has 0 heterocycles. The van der Waals surface area contributed by atoms with Crippen molar-refractivity contribution in [2.75, 3.05) is 0 Å². The third-order valence-corrected chi connectivity index (χ3v) is 17.7. The van der Waals surface area contributed by atoms with Crippen molar-refractivity contribution in [2.45, 2.75) is 25.9 Å². The molecule has 2 heteroatoms. The van der Waals surface area contributed by atoms with Crippen LogP contribution in [0.1, 0.15) is 24.5 Å². The highest BCUT2D eigenvalue weighted by Crippen LogP contribution is 2.72. The van der Waals surface area contributed by atoms with Crippen molar-refractivity contribution in [3.63, 3.8) is 0 Å². The van der Waals surface area contributed by atoms with E-state index < -0.39 is 15.2 Å². The van der Waals surface area contributed by atoms with E-state index in [2.05, 4.69) is 190 Å². The molecule has 0 saturated heterocycles. The minimum absolute atomic E-state index is 0.374. The Hall–Kier alpha value is -4.60. The maximum Gasteiger partial charge on any atom is 0.0170 e. The fourth-order valence-corrected chi connectivity index (χ4v) is 16.0. The van der Waals surface area contributed by atoms with E-state index in [1.807, 2.05) is 0 Å². The van der Waals surface area contributed by atoms with Crippen molar-refractivity contribution < 1.29 is 0 Å². The Kier molecular flexibility index (Phi) is 8.63. The first-order valence-electron chi connectivity index (χ1n) is 16.8. The summed E-state index contributed by atoms with van der Waals surface area (Å²) in [6.45, 7) is 4.60. The molecule has 0 amide bonds. The zero-order valence-electron chi connectivity index (χ0n) is 27.4. The lowest BCUT2D eigenvalue weighted by atomic mass is 9.89. The Labute approximate surface area is 286 Å². The number of benzene rings is 7. The van der Waals surface area contributed by atoms with Gasteiger partial charge in [-0.15, -0.1) is 0 Å². The molecule has 7 aromatic carbocycles. The van der Waals surface area contributed by atoms with Crippen LogP contribution in [-0.2, 0) is 0 Å². The maximum atomic E-state index is 2.51. The van der Waals surface area contributed by atoms with E-state index in [1.165, 1.54) is 70.9 Å². The molecule has 48 heavy (non-hydrogen) atoms. The molecule has 0 saturated carbocycles. The summed E-state index contributed by atoms with van der Waals surface area (Å²) in [7, 11) is -1.50. The second-order valence-electron chi connectivity index (χ2n) is 12.7. The van der Waals surface area contributed by atoms with Crippen LogP contribution in [-0.4, -0.2) is 5.66 Å². The van der Waals surface area contributed by atoms with Gasteiger partial charge in [0, 0.05) is 5.66 Å². The molecule has 1 aliphatic rings. The first-order valence-corrected chi connectivity index (χ1v) is 20.3. The van der Waals surface area contributed by atoms with Crippen LogP contribution < -0.4 is 15.9 Å². The third kappa shape index (κ3) is 5.97. The summed E-state index contributed by atoms with van der Waals surface area (Å²) in [6, 6.07) is 61.6. The third-order valence-electron chi connectivity index (χ3n) is 9.63. The van der Waals surface area contributed by atoms with Crippen LogP contribution in [0.3, 0.4) is 0 Å². The molecular weight excluding hydrogens is 614 g/mol. The van der Waals surface area contributed by atoms with Crippen molar-refractivity contribution in [1.82, 2.24) is 0 Å². The molecule has 0 fully saturated rings. The van der Waals surface area contributed by atoms with Gasteiger partial charge in [0.05, 0.1) is 0 Å². The van der Waals surface area contributed by atoms with Gasteiger partial charge in [0.25, 0.3) is 0 Å². The van der Waals surface area contributed by atoms with Crippen molar-refractivity contribution in [3.05, 3.63) is 193 Å². The summed E-state index contributed by atoms with van der Waals surface area (Å²) >= 11 is 0. The van der Waals surface area contributed by atoms with Crippen molar-refractivity contribution in [1.29, 1.82) is 0 Å². The first kappa shape index (κ1) is 30.7. The smallest absolute Gasteiger partial charge is 0.0170 e. The summed E-state index contributed by atoms with van der Waals surface area (Å²) < 4.78 is 0. The number of aryl methyl sites for hydroxylation is 1. The molecule has 0 spiro atoms. The van der Waals surface area contributed by atoms with Gasteiger partial charge in [0.1, 0.15) is 0 Å². The monoisotopic (exact) mass is 652 g/mol. The molecule has 232 valence electrons. The van der Waals surface area contributed by atoms with Crippen LogP contribution in [0.2, 0.25) is 0 Å². The van der Waals surface area contributed by atoms with Crippen LogP contribution in [0.15, 0.2) is 182 Å². The normalized spacial score (nSPS) is 15.9. The van der Waals surface area contributed by atoms with Crippen LogP contribution in [0.4, 0.5) is 0 Å². The SMILES string of the molecule is CC1=C(c2ccccc2C)C([P@](c2ccc3ccccc3c2)[P@](c2ccc(-c3ccccc3)cc2)c2ccc3ccccc3c2)CC=C1. The summed E-state index contributed by atoms with van der Waals surface area (Å²) in [6.07, 6.45) is 5.83. The molecule has 8 rings (SSSR count). The van der Waals surface area contributed by atoms with E-state index >= 15 is 0 Å². The van der Waals surface area contributed by atoms with E-state index in [0.29, 0.717) is 5.66 Å². The number of hydrogen-bond donors (Lipinski definition) is 0. The Morgan fingerprint density at radius 1 is 0.479 bits per heavy atom. The molecular formula is C46H38P2. The second kappa shape index (κ2) is 13.5. The molecule has 3 atom stereocenters. The molecule has 1 unspecified atom stereocenters. The molecule has 0 N–H and O–H groups in total. The van der Waals surface area contributed by atoms with Crippen molar-refractivity contribution in [2.24, 2.45) is 0 Å². The fraction of sp³-hybridized carbons (Fsp3) is 0.0870. The lowest BCUT2D eigenvalue weighted by molar-refractivity contribution is 1.05. The van der Waals surface area contributed by atoms with Crippen molar-refractivity contribution in [3.8, 4) is 11.1 Å². The highest BCUT2D eigenvalue weighted by Gasteiger charge is 2.37. The van der Waals surface area contributed by atoms with E-state index in [9.17, 15) is 0 Å². The van der Waals surface area contributed by atoms with Crippen LogP contribution in [0.5, 0.6) is 0 Å². The second-order valence-corrected chi connectivity index (χ2v) is 18.7. The van der Waals surface area contributed by atoms with Gasteiger partial charge in [0.15, 0.2) is 0 Å². The Morgan fingerprint density at radius 2 is 1.02 bits per heavy atom. The number of fused-ring (bicyclic) bond motifs is 2. The van der Waals surface area contributed by atoms with E-state index in [1.54, 1.807) is 0 Å². The summed E-state index contributed by atoms with van der Waals surface area (Å²) in [5.41, 5.74) is 8.55. The van der Waals surface area contributed by atoms with Crippen LogP contribution >= 0.6 is 15.2 Å². The van der Waals surface area contributed by atoms with Gasteiger partial charge in [-0.3, -0.25) is 0 Å². The average molecular weight is 653 g/mol. The quantitative estimate of drug-likeness (QED) is 0.150. The Bertz CT molecular complexity index is 2300. The summed E-state index contributed by atoms with van der Waals surface area (Å²) in [5, 5.41) is 9.60. The van der Waals surface area contributed by atoms with E-state index in [0.717, 1.165) is 6.42 Å². The average Bonchev–Trinajstić information content (AvgIpc) is 3.14. The van der Waals surface area contributed by atoms with E-state index in [4.69, 9.17) is 0 Å². The van der Waals surface area contributed by atoms with Gasteiger partial charge in [-0.2, -0.15) is 0 Å². The first-order chi connectivity index (χ1) is 23.6. The molecule has 1 aliphatic carbocycles. The van der Waals surface area contributed by atoms with E-state index in [-0.39, 0.29) is 0 Å². The predicted octanol–water partition coefficient (Wildman–Crippen LogP) is 11.9. The van der Waals surface area contributed by atoms with Gasteiger partial charge >= 0.3 is 0 Å². The van der Waals surface area contributed by atoms with Gasteiger partial charge < -0.3 is 0 Å². The maximum absolute atomic E-state index is 2.51. The standard InChI is InChI=1S/C46H38P2/c1-33-13-6-11-21-44(33)46-34(2)14-12-22-45(46)48(43-30-26-37-18-8-10-20-40(37)32-43)47(42-29-25-36-17-7-9-19-39(36)31-42)41-27-23-38(24-28-41)35-15-4-3-5-16-35/h3-21,23-32,45H,22H2,1-2H3/t45?,47-,48+/m1/s1. The van der Waals surface area contributed by atoms with Gasteiger partial charge in [-0.05, 0) is 118 Å². The molecule has 0 aromatic heterocycles. The zero-order valence-corrected chi connectivity index (χ0v) is 29.2. The zero-order chi connectivity index (χ0) is 32.5. The lowest BCUT2D eigenvalue weighted by Gasteiger charge is -2.39. The van der Waals surface area contributed by atoms with Crippen molar-refractivity contribution >= 4 is 58.3 Å². The van der Waals surface area contributed by atoms with Gasteiger partial charge in [-0.25, -0.2) is 0 Å². The highest BCUT2D eigenvalue weighted by molar-refractivity contribution is 8.39. The number of hydrogen-bond acceptors (Lipinski definition) is 0. The lowest BCUT2D eigenvalue weighted by Crippen LogP contribution is -2.23. The van der Waals surface area contributed by atoms with Crippen LogP contribution in [0.25, 0.3) is 38.2 Å². The molecule has 0 bridgehead atoms. The number of rotatable bonds is 7. The largest absolute Gasteiger partial charge is 0.0833 e. The minimum Gasteiger partial charge on any atom is -0.0833 e. The Morgan fingerprint density at radius 3 is 1.71 bits per heavy atom. The molecule has 0 nitrogen and oxygen atoms in total. The topological polar surface area (TPSA) is 0 Å². The summed E-state index contributed by atoms with van der Waals surface area (Å²) in [4.78, 5) is 0. The molecule has 0 aliphatic heterocycles. The fourth-order valence-electron chi connectivity index (χ4n) is 7.22. The predicted molar refractivity (Wildman–Crippen MR) is 214 cm³/mol. The minimum atomic E-state index is -0.772.